The van der Waals surface area contributed by atoms with Crippen LogP contribution in [-0.4, -0.2) is 4.98 Å². The molecule has 0 aliphatic carbocycles. The van der Waals surface area contributed by atoms with Crippen molar-refractivity contribution in [2.24, 2.45) is 0 Å². The van der Waals surface area contributed by atoms with Crippen LogP contribution in [0.4, 0.5) is 0 Å². The number of aromatic amines is 2. The molecule has 0 saturated carbocycles. The Labute approximate surface area is 133 Å². The summed E-state index contributed by atoms with van der Waals surface area (Å²) < 4.78 is 0. The van der Waals surface area contributed by atoms with Crippen LogP contribution in [0.3, 0.4) is 0 Å². The van der Waals surface area contributed by atoms with Crippen molar-refractivity contribution in [1.29, 1.82) is 0 Å². The first-order chi connectivity index (χ1) is 10.9. The molecule has 0 spiro atoms. The van der Waals surface area contributed by atoms with E-state index < -0.39 is 0 Å². The van der Waals surface area contributed by atoms with Gasteiger partial charge >= 0.3 is 0 Å². The van der Waals surface area contributed by atoms with Crippen molar-refractivity contribution in [3.8, 4) is 0 Å². The summed E-state index contributed by atoms with van der Waals surface area (Å²) >= 11 is 1.93. The maximum Gasteiger partial charge on any atom is 0.263 e. The van der Waals surface area contributed by atoms with Gasteiger partial charge in [-0.05, 0) is 28.5 Å². The van der Waals surface area contributed by atoms with Gasteiger partial charge in [0.2, 0.25) is 0 Å². The van der Waals surface area contributed by atoms with E-state index in [4.69, 9.17) is 0 Å². The van der Waals surface area contributed by atoms with Gasteiger partial charge in [-0.15, -0.1) is 11.8 Å². The average Bonchev–Trinajstić information content (AvgIpc) is 2.98. The minimum absolute atomic E-state index is 0.956. The normalized spacial score (nSPS) is 11.3. The number of H-pyrrole nitrogens is 2. The minimum atomic E-state index is 0.956. The Balaban J connectivity index is 1.50. The van der Waals surface area contributed by atoms with Gasteiger partial charge in [-0.1, -0.05) is 54.6 Å². The Morgan fingerprint density at radius 3 is 2.59 bits per heavy atom. The zero-order valence-corrected chi connectivity index (χ0v) is 13.0. The van der Waals surface area contributed by atoms with E-state index in [0.29, 0.717) is 0 Å². The summed E-state index contributed by atoms with van der Waals surface area (Å²) in [6, 6.07) is 23.5. The Morgan fingerprint density at radius 2 is 1.64 bits per heavy atom. The molecule has 3 aromatic carbocycles. The molecule has 4 aromatic rings. The molecular formula is C19H17N2S+. The first kappa shape index (κ1) is 13.4. The molecule has 0 amide bonds. The summed E-state index contributed by atoms with van der Waals surface area (Å²) in [5, 5.41) is 2.68. The van der Waals surface area contributed by atoms with Crippen molar-refractivity contribution in [2.45, 2.75) is 11.5 Å². The highest BCUT2D eigenvalue weighted by atomic mass is 32.2. The largest absolute Gasteiger partial charge is 0.263 e. The van der Waals surface area contributed by atoms with E-state index >= 15 is 0 Å². The fourth-order valence-corrected chi connectivity index (χ4v) is 3.73. The van der Waals surface area contributed by atoms with Crippen LogP contribution in [0.25, 0.3) is 21.8 Å². The fraction of sp³-hybridized carbons (Fsp3) is 0.105. The second kappa shape index (κ2) is 5.85. The van der Waals surface area contributed by atoms with E-state index in [1.165, 1.54) is 33.2 Å². The zero-order valence-electron chi connectivity index (χ0n) is 12.2. The molecule has 4 rings (SSSR count). The smallest absolute Gasteiger partial charge is 0.240 e. The van der Waals surface area contributed by atoms with Gasteiger partial charge in [0.05, 0.1) is 5.75 Å². The summed E-state index contributed by atoms with van der Waals surface area (Å²) in [6.07, 6.45) is 0. The second-order valence-electron chi connectivity index (χ2n) is 5.41. The molecule has 0 bridgehead atoms. The summed E-state index contributed by atoms with van der Waals surface area (Å²) in [5.41, 5.74) is 3.74. The quantitative estimate of drug-likeness (QED) is 0.588. The molecule has 0 atom stereocenters. The monoisotopic (exact) mass is 305 g/mol. The molecule has 1 heterocycles. The molecule has 0 fully saturated rings. The molecule has 2 N–H and O–H groups in total. The van der Waals surface area contributed by atoms with Gasteiger partial charge in [0.25, 0.3) is 5.82 Å². The first-order valence-corrected chi connectivity index (χ1v) is 8.59. The molecule has 22 heavy (non-hydrogen) atoms. The Morgan fingerprint density at radius 1 is 0.818 bits per heavy atom. The van der Waals surface area contributed by atoms with Crippen LogP contribution in [0.2, 0.25) is 0 Å². The summed E-state index contributed by atoms with van der Waals surface area (Å²) in [4.78, 5) is 6.89. The number of aromatic nitrogens is 2. The van der Waals surface area contributed by atoms with Gasteiger partial charge < -0.3 is 0 Å². The highest BCUT2D eigenvalue weighted by Gasteiger charge is 2.09. The number of hydrogen-bond donors (Lipinski definition) is 1. The highest BCUT2D eigenvalue weighted by molar-refractivity contribution is 7.97. The van der Waals surface area contributed by atoms with E-state index in [1.807, 2.05) is 11.8 Å². The Bertz CT molecular complexity index is 888. The molecule has 2 nitrogen and oxygen atoms in total. The van der Waals surface area contributed by atoms with Crippen LogP contribution < -0.4 is 4.98 Å². The molecule has 0 unspecified atom stereocenters. The third-order valence-electron chi connectivity index (χ3n) is 3.88. The van der Waals surface area contributed by atoms with Crippen molar-refractivity contribution < 1.29 is 4.98 Å². The van der Waals surface area contributed by atoms with Crippen LogP contribution >= 0.6 is 11.8 Å². The van der Waals surface area contributed by atoms with Crippen molar-refractivity contribution in [2.75, 3.05) is 0 Å². The lowest BCUT2D eigenvalue weighted by atomic mass is 10.1. The molecule has 1 aromatic heterocycles. The van der Waals surface area contributed by atoms with Crippen LogP contribution in [0, 0.1) is 0 Å². The van der Waals surface area contributed by atoms with E-state index in [1.54, 1.807) is 0 Å². The van der Waals surface area contributed by atoms with E-state index in [2.05, 4.69) is 76.7 Å². The van der Waals surface area contributed by atoms with Gasteiger partial charge in [-0.25, -0.2) is 9.97 Å². The Kier molecular flexibility index (Phi) is 3.57. The summed E-state index contributed by atoms with van der Waals surface area (Å²) in [6.45, 7) is 0. The van der Waals surface area contributed by atoms with Crippen molar-refractivity contribution in [3.05, 3.63) is 78.1 Å². The first-order valence-electron chi connectivity index (χ1n) is 7.43. The van der Waals surface area contributed by atoms with Gasteiger partial charge in [-0.3, -0.25) is 0 Å². The maximum absolute atomic E-state index is 3.44. The predicted octanol–water partition coefficient (Wildman–Crippen LogP) is 4.57. The number of rotatable bonds is 4. The maximum atomic E-state index is 3.44. The number of fused-ring (bicyclic) bond motifs is 2. The average molecular weight is 305 g/mol. The third kappa shape index (κ3) is 2.60. The molecular weight excluding hydrogens is 288 g/mol. The number of imidazole rings is 1. The van der Waals surface area contributed by atoms with Crippen LogP contribution in [0.15, 0.2) is 66.7 Å². The predicted molar refractivity (Wildman–Crippen MR) is 93.8 cm³/mol. The van der Waals surface area contributed by atoms with Crippen molar-refractivity contribution >= 4 is 33.6 Å². The lowest BCUT2D eigenvalue weighted by Gasteiger charge is -2.05. The number of benzene rings is 3. The third-order valence-corrected chi connectivity index (χ3v) is 4.89. The van der Waals surface area contributed by atoms with E-state index in [9.17, 15) is 0 Å². The van der Waals surface area contributed by atoms with Gasteiger partial charge in [0.1, 0.15) is 0 Å². The van der Waals surface area contributed by atoms with Crippen molar-refractivity contribution in [3.63, 3.8) is 0 Å². The van der Waals surface area contributed by atoms with Crippen molar-refractivity contribution in [1.82, 2.24) is 4.98 Å². The Hall–Kier alpha value is -2.26. The van der Waals surface area contributed by atoms with Crippen LogP contribution in [0.1, 0.15) is 11.4 Å². The summed E-state index contributed by atoms with van der Waals surface area (Å²) in [5.74, 6) is 3.15. The number of nitrogens with one attached hydrogen (secondary N) is 2. The zero-order chi connectivity index (χ0) is 14.8. The van der Waals surface area contributed by atoms with E-state index in [0.717, 1.165) is 11.5 Å². The standard InChI is InChI=1S/C19H16N2S/c1-2-9-16-14(6-1)7-5-8-15(16)12-22-13-19-20-17-10-3-4-11-18(17)21-19/h1-11H,12-13H2,(H,20,21)/p+1. The van der Waals surface area contributed by atoms with E-state index in [-0.39, 0.29) is 0 Å². The topological polar surface area (TPSA) is 29.9 Å². The second-order valence-corrected chi connectivity index (χ2v) is 6.39. The molecule has 0 aliphatic rings. The minimum Gasteiger partial charge on any atom is -0.240 e. The number of thioether (sulfide) groups is 1. The fourth-order valence-electron chi connectivity index (χ4n) is 2.81. The summed E-state index contributed by atoms with van der Waals surface area (Å²) in [7, 11) is 0. The van der Waals surface area contributed by atoms with Crippen LogP contribution in [0.5, 0.6) is 0 Å². The molecule has 0 saturated heterocycles. The number of hydrogen-bond acceptors (Lipinski definition) is 1. The van der Waals surface area contributed by atoms with Gasteiger partial charge in [0.15, 0.2) is 11.0 Å². The molecule has 108 valence electrons. The molecule has 3 heteroatoms. The molecule has 0 radical (unpaired) electrons. The number of para-hydroxylation sites is 2. The lowest BCUT2D eigenvalue weighted by Crippen LogP contribution is -2.05. The van der Waals surface area contributed by atoms with Gasteiger partial charge in [-0.2, -0.15) is 0 Å². The highest BCUT2D eigenvalue weighted by Crippen LogP contribution is 2.24. The lowest BCUT2D eigenvalue weighted by molar-refractivity contribution is -0.355. The van der Waals surface area contributed by atoms with Gasteiger partial charge in [0, 0.05) is 5.75 Å². The SMILES string of the molecule is c1ccc2c(CSCc3[nH]c4ccccc4[nH+]3)cccc2c1. The molecule has 0 aliphatic heterocycles. The van der Waals surface area contributed by atoms with Crippen LogP contribution in [-0.2, 0) is 11.5 Å².